The Morgan fingerprint density at radius 3 is 2.26 bits per heavy atom. The van der Waals surface area contributed by atoms with Crippen LogP contribution in [0.2, 0.25) is 0 Å². The van der Waals surface area contributed by atoms with E-state index >= 15 is 0 Å². The maximum Gasteiger partial charge on any atom is 0.175 e. The lowest BCUT2D eigenvalue weighted by Crippen LogP contribution is -2.13. The van der Waals surface area contributed by atoms with Gasteiger partial charge in [0.2, 0.25) is 0 Å². The highest BCUT2D eigenvalue weighted by atomic mass is 79.9. The normalized spacial score (nSPS) is 12.2. The van der Waals surface area contributed by atoms with Crippen molar-refractivity contribution in [3.8, 4) is 0 Å². The number of ketones is 1. The molecule has 0 heterocycles. The van der Waals surface area contributed by atoms with E-state index in [4.69, 9.17) is 0 Å². The summed E-state index contributed by atoms with van der Waals surface area (Å²) in [5.74, 6) is -0.322. The van der Waals surface area contributed by atoms with E-state index < -0.39 is 0 Å². The summed E-state index contributed by atoms with van der Waals surface area (Å²) in [6.45, 7) is 1.86. The number of hydrogen-bond acceptors (Lipinski definition) is 2. The molecule has 1 atom stereocenters. The Morgan fingerprint density at radius 2 is 1.68 bits per heavy atom. The number of benzene rings is 2. The Labute approximate surface area is 124 Å². The third kappa shape index (κ3) is 3.91. The number of carbonyl (C=O) groups excluding carboxylic acids is 1. The molecular formula is C15H12BrFOS. The number of thioether (sulfide) groups is 1. The van der Waals surface area contributed by atoms with Gasteiger partial charge in [-0.25, -0.2) is 4.39 Å². The molecule has 2 aromatic rings. The first-order valence-electron chi connectivity index (χ1n) is 5.78. The fourth-order valence-electron chi connectivity index (χ4n) is 1.62. The molecule has 4 heteroatoms. The highest BCUT2D eigenvalue weighted by Crippen LogP contribution is 2.26. The van der Waals surface area contributed by atoms with Gasteiger partial charge in [-0.15, -0.1) is 11.8 Å². The zero-order valence-electron chi connectivity index (χ0n) is 10.3. The Morgan fingerprint density at radius 1 is 1.11 bits per heavy atom. The van der Waals surface area contributed by atoms with Gasteiger partial charge in [0, 0.05) is 14.9 Å². The zero-order chi connectivity index (χ0) is 13.8. The van der Waals surface area contributed by atoms with Crippen molar-refractivity contribution in [3.05, 3.63) is 64.4 Å². The Kier molecular flexibility index (Phi) is 4.77. The molecular weight excluding hydrogens is 327 g/mol. The average molecular weight is 339 g/mol. The molecule has 1 unspecified atom stereocenters. The summed E-state index contributed by atoms with van der Waals surface area (Å²) in [6.07, 6.45) is 0. The topological polar surface area (TPSA) is 17.1 Å². The smallest absolute Gasteiger partial charge is 0.175 e. The first-order chi connectivity index (χ1) is 9.06. The Hall–Kier alpha value is -1.13. The average Bonchev–Trinajstić information content (AvgIpc) is 2.41. The van der Waals surface area contributed by atoms with Crippen molar-refractivity contribution in [2.24, 2.45) is 0 Å². The summed E-state index contributed by atoms with van der Waals surface area (Å²) in [6, 6.07) is 13.5. The molecule has 0 amide bonds. The molecule has 0 aliphatic carbocycles. The van der Waals surface area contributed by atoms with Crippen LogP contribution in [0.3, 0.4) is 0 Å². The number of halogens is 2. The minimum Gasteiger partial charge on any atom is -0.293 e. The molecule has 0 aliphatic heterocycles. The molecule has 0 aromatic heterocycles. The van der Waals surface area contributed by atoms with E-state index in [1.54, 1.807) is 0 Å². The quantitative estimate of drug-likeness (QED) is 0.579. The van der Waals surface area contributed by atoms with Gasteiger partial charge in [-0.2, -0.15) is 0 Å². The summed E-state index contributed by atoms with van der Waals surface area (Å²) < 4.78 is 13.8. The molecule has 2 rings (SSSR count). The molecule has 0 spiro atoms. The predicted octanol–water partition coefficient (Wildman–Crippen LogP) is 4.95. The first-order valence-corrected chi connectivity index (χ1v) is 7.45. The lowest BCUT2D eigenvalue weighted by Gasteiger charge is -2.10. The SMILES string of the molecule is CC(Sc1ccc(Br)cc1)C(=O)c1ccc(F)cc1. The largest absolute Gasteiger partial charge is 0.293 e. The molecule has 19 heavy (non-hydrogen) atoms. The highest BCUT2D eigenvalue weighted by Gasteiger charge is 2.16. The molecule has 0 fully saturated rings. The predicted molar refractivity (Wildman–Crippen MR) is 80.2 cm³/mol. The number of rotatable bonds is 4. The minimum atomic E-state index is -0.329. The number of hydrogen-bond donors (Lipinski definition) is 0. The Bertz CT molecular complexity index is 566. The lowest BCUT2D eigenvalue weighted by atomic mass is 10.1. The van der Waals surface area contributed by atoms with Gasteiger partial charge in [0.25, 0.3) is 0 Å². The summed E-state index contributed by atoms with van der Waals surface area (Å²) in [4.78, 5) is 13.2. The van der Waals surface area contributed by atoms with Crippen LogP contribution in [0.4, 0.5) is 4.39 Å². The second-order valence-electron chi connectivity index (χ2n) is 4.09. The van der Waals surface area contributed by atoms with Crippen molar-refractivity contribution < 1.29 is 9.18 Å². The van der Waals surface area contributed by atoms with Crippen LogP contribution in [-0.2, 0) is 0 Å². The fraction of sp³-hybridized carbons (Fsp3) is 0.133. The number of carbonyl (C=O) groups is 1. The Balaban J connectivity index is 2.07. The maximum absolute atomic E-state index is 12.8. The number of Topliss-reactive ketones (excluding diaryl/α,β-unsaturated/α-hetero) is 1. The van der Waals surface area contributed by atoms with Crippen molar-refractivity contribution in [2.75, 3.05) is 0 Å². The monoisotopic (exact) mass is 338 g/mol. The van der Waals surface area contributed by atoms with Crippen LogP contribution < -0.4 is 0 Å². The maximum atomic E-state index is 12.8. The molecule has 0 aliphatic rings. The van der Waals surface area contributed by atoms with Gasteiger partial charge in [-0.05, 0) is 55.5 Å². The molecule has 0 radical (unpaired) electrons. The molecule has 0 saturated carbocycles. The summed E-state index contributed by atoms with van der Waals surface area (Å²) in [5.41, 5.74) is 0.540. The van der Waals surface area contributed by atoms with Crippen LogP contribution in [0, 0.1) is 5.82 Å². The van der Waals surface area contributed by atoms with E-state index in [1.807, 2.05) is 31.2 Å². The molecule has 0 N–H and O–H groups in total. The lowest BCUT2D eigenvalue weighted by molar-refractivity contribution is 0.0994. The van der Waals surface area contributed by atoms with Gasteiger partial charge >= 0.3 is 0 Å². The van der Waals surface area contributed by atoms with Crippen molar-refractivity contribution in [2.45, 2.75) is 17.1 Å². The van der Waals surface area contributed by atoms with E-state index in [0.29, 0.717) is 5.56 Å². The van der Waals surface area contributed by atoms with Gasteiger partial charge in [0.05, 0.1) is 5.25 Å². The molecule has 0 saturated heterocycles. The fourth-order valence-corrected chi connectivity index (χ4v) is 2.83. The standard InChI is InChI=1S/C15H12BrFOS/c1-10(19-14-8-4-12(16)5-9-14)15(18)11-2-6-13(17)7-3-11/h2-10H,1H3. The molecule has 98 valence electrons. The van der Waals surface area contributed by atoms with E-state index in [1.165, 1.54) is 36.0 Å². The van der Waals surface area contributed by atoms with Crippen molar-refractivity contribution in [1.29, 1.82) is 0 Å². The van der Waals surface area contributed by atoms with Crippen molar-refractivity contribution in [3.63, 3.8) is 0 Å². The van der Waals surface area contributed by atoms with Gasteiger partial charge in [0.15, 0.2) is 5.78 Å². The second-order valence-corrected chi connectivity index (χ2v) is 6.42. The van der Waals surface area contributed by atoms with Crippen LogP contribution in [0.5, 0.6) is 0 Å². The molecule has 1 nitrogen and oxygen atoms in total. The third-order valence-corrected chi connectivity index (χ3v) is 4.27. The van der Waals surface area contributed by atoms with E-state index in [0.717, 1.165) is 9.37 Å². The van der Waals surface area contributed by atoms with E-state index in [2.05, 4.69) is 15.9 Å². The molecule has 0 bridgehead atoms. The van der Waals surface area contributed by atoms with Crippen LogP contribution in [0.15, 0.2) is 57.9 Å². The summed E-state index contributed by atoms with van der Waals surface area (Å²) >= 11 is 4.87. The zero-order valence-corrected chi connectivity index (χ0v) is 12.7. The van der Waals surface area contributed by atoms with Gasteiger partial charge in [-0.3, -0.25) is 4.79 Å². The van der Waals surface area contributed by atoms with E-state index in [-0.39, 0.29) is 16.9 Å². The minimum absolute atomic E-state index is 0.00733. The first kappa shape index (κ1) is 14.3. The highest BCUT2D eigenvalue weighted by molar-refractivity contribution is 9.10. The van der Waals surface area contributed by atoms with Crippen molar-refractivity contribution in [1.82, 2.24) is 0 Å². The van der Waals surface area contributed by atoms with E-state index in [9.17, 15) is 9.18 Å². The van der Waals surface area contributed by atoms with Gasteiger partial charge in [-0.1, -0.05) is 15.9 Å². The van der Waals surface area contributed by atoms with Crippen LogP contribution >= 0.6 is 27.7 Å². The van der Waals surface area contributed by atoms with Crippen molar-refractivity contribution >= 4 is 33.5 Å². The van der Waals surface area contributed by atoms with Gasteiger partial charge < -0.3 is 0 Å². The van der Waals surface area contributed by atoms with Crippen LogP contribution in [0.25, 0.3) is 0 Å². The van der Waals surface area contributed by atoms with Gasteiger partial charge in [0.1, 0.15) is 5.82 Å². The van der Waals surface area contributed by atoms with Crippen LogP contribution in [0.1, 0.15) is 17.3 Å². The summed E-state index contributed by atoms with van der Waals surface area (Å²) in [5, 5.41) is -0.202. The third-order valence-electron chi connectivity index (χ3n) is 2.62. The van der Waals surface area contributed by atoms with Crippen LogP contribution in [-0.4, -0.2) is 11.0 Å². The summed E-state index contributed by atoms with van der Waals surface area (Å²) in [7, 11) is 0. The molecule has 2 aromatic carbocycles. The second kappa shape index (κ2) is 6.35.